The van der Waals surface area contributed by atoms with Crippen LogP contribution in [-0.4, -0.2) is 29.3 Å². The van der Waals surface area contributed by atoms with Gasteiger partial charge in [0, 0.05) is 6.42 Å². The van der Waals surface area contributed by atoms with Gasteiger partial charge in [-0.2, -0.15) is 4.98 Å². The van der Waals surface area contributed by atoms with E-state index in [0.29, 0.717) is 40.2 Å². The Kier molecular flexibility index (Phi) is 5.38. The van der Waals surface area contributed by atoms with Crippen molar-refractivity contribution in [2.75, 3.05) is 0 Å². The second-order valence-electron chi connectivity index (χ2n) is 8.17. The van der Waals surface area contributed by atoms with Crippen LogP contribution in [0.3, 0.4) is 0 Å². The van der Waals surface area contributed by atoms with Gasteiger partial charge in [0.15, 0.2) is 11.0 Å². The van der Waals surface area contributed by atoms with Gasteiger partial charge in [0.2, 0.25) is 11.7 Å². The van der Waals surface area contributed by atoms with Crippen LogP contribution in [0.2, 0.25) is 0 Å². The number of hydrogen-bond donors (Lipinski definition) is 0. The van der Waals surface area contributed by atoms with Crippen molar-refractivity contribution in [2.24, 2.45) is 0 Å². The Morgan fingerprint density at radius 1 is 0.943 bits per heavy atom. The predicted molar refractivity (Wildman–Crippen MR) is 134 cm³/mol. The number of benzene rings is 3. The highest BCUT2D eigenvalue weighted by Crippen LogP contribution is 2.25. The van der Waals surface area contributed by atoms with Crippen LogP contribution in [0.1, 0.15) is 22.8 Å². The minimum absolute atomic E-state index is 0.134. The first kappa shape index (κ1) is 21.3. The summed E-state index contributed by atoms with van der Waals surface area (Å²) < 4.78 is 8.98. The van der Waals surface area contributed by atoms with Gasteiger partial charge in [-0.05, 0) is 42.3 Å². The summed E-state index contributed by atoms with van der Waals surface area (Å²) in [6.45, 7) is 1.99. The zero-order valence-corrected chi connectivity index (χ0v) is 19.6. The lowest BCUT2D eigenvalue weighted by molar-refractivity contribution is 0.385. The first-order valence-electron chi connectivity index (χ1n) is 11.1. The van der Waals surface area contributed by atoms with E-state index in [9.17, 15) is 4.79 Å². The maximum atomic E-state index is 13.4. The van der Waals surface area contributed by atoms with Gasteiger partial charge < -0.3 is 4.52 Å². The van der Waals surface area contributed by atoms with Gasteiger partial charge in [-0.1, -0.05) is 71.5 Å². The molecule has 0 aliphatic rings. The Labute approximate surface area is 204 Å². The van der Waals surface area contributed by atoms with Gasteiger partial charge in [-0.25, -0.2) is 4.57 Å². The molecule has 3 aromatic heterocycles. The number of fused-ring (bicyclic) bond motifs is 3. The number of aromatic nitrogens is 6. The highest BCUT2D eigenvalue weighted by molar-refractivity contribution is 7.98. The van der Waals surface area contributed by atoms with E-state index < -0.39 is 0 Å². The maximum Gasteiger partial charge on any atom is 0.267 e. The van der Waals surface area contributed by atoms with Crippen molar-refractivity contribution < 1.29 is 4.52 Å². The summed E-state index contributed by atoms with van der Waals surface area (Å²) in [6.07, 6.45) is 0.607. The third-order valence-corrected chi connectivity index (χ3v) is 6.61. The molecule has 9 heteroatoms. The molecule has 0 aliphatic carbocycles. The molecule has 0 unspecified atom stereocenters. The van der Waals surface area contributed by atoms with Crippen LogP contribution < -0.4 is 5.56 Å². The first-order chi connectivity index (χ1) is 17.2. The van der Waals surface area contributed by atoms with Crippen LogP contribution in [-0.2, 0) is 12.2 Å². The van der Waals surface area contributed by atoms with E-state index >= 15 is 0 Å². The third-order valence-electron chi connectivity index (χ3n) is 5.69. The van der Waals surface area contributed by atoms with Gasteiger partial charge in [-0.15, -0.1) is 10.2 Å². The van der Waals surface area contributed by atoms with Crippen molar-refractivity contribution in [3.63, 3.8) is 0 Å². The molecule has 0 spiro atoms. The fraction of sp³-hybridized carbons (Fsp3) is 0.115. The number of nitrogens with zero attached hydrogens (tertiary/aromatic N) is 6. The maximum absolute atomic E-state index is 13.4. The van der Waals surface area contributed by atoms with Crippen molar-refractivity contribution in [2.45, 2.75) is 24.3 Å². The van der Waals surface area contributed by atoms with E-state index in [0.717, 1.165) is 22.3 Å². The summed E-state index contributed by atoms with van der Waals surface area (Å²) in [6, 6.07) is 25.3. The second-order valence-corrected chi connectivity index (χ2v) is 9.11. The van der Waals surface area contributed by atoms with E-state index in [-0.39, 0.29) is 5.56 Å². The number of rotatable bonds is 6. The Morgan fingerprint density at radius 2 is 1.77 bits per heavy atom. The molecule has 0 fully saturated rings. The van der Waals surface area contributed by atoms with Crippen LogP contribution >= 0.6 is 11.8 Å². The molecule has 0 N–H and O–H groups in total. The number of thioether (sulfide) groups is 1. The molecule has 8 nitrogen and oxygen atoms in total. The van der Waals surface area contributed by atoms with Gasteiger partial charge in [0.05, 0.1) is 22.3 Å². The topological polar surface area (TPSA) is 91.1 Å². The average Bonchev–Trinajstić information content (AvgIpc) is 3.50. The summed E-state index contributed by atoms with van der Waals surface area (Å²) in [7, 11) is 0. The first-order valence-corrected chi connectivity index (χ1v) is 12.1. The molecule has 0 amide bonds. The van der Waals surface area contributed by atoms with E-state index in [1.807, 2.05) is 90.2 Å². The highest BCUT2D eigenvalue weighted by Gasteiger charge is 2.19. The van der Waals surface area contributed by atoms with Crippen molar-refractivity contribution in [3.05, 3.63) is 112 Å². The average molecular weight is 481 g/mol. The molecule has 3 aromatic carbocycles. The minimum Gasteiger partial charge on any atom is -0.338 e. The molecule has 0 bridgehead atoms. The molecule has 0 saturated heterocycles. The van der Waals surface area contributed by atoms with Crippen molar-refractivity contribution >= 4 is 28.4 Å². The molecule has 0 radical (unpaired) electrons. The lowest BCUT2D eigenvalue weighted by Crippen LogP contribution is -2.21. The standard InChI is InChI=1S/C26H20N6O2S/c1-17-8-7-11-19(14-17)31-24(33)20-12-5-6-13-21(20)32-25(31)28-29-26(32)35-16-23-27-22(30-34-23)15-18-9-3-2-4-10-18/h2-14H,15-16H2,1H3. The summed E-state index contributed by atoms with van der Waals surface area (Å²) in [5.41, 5.74) is 3.54. The fourth-order valence-electron chi connectivity index (χ4n) is 4.10. The quantitative estimate of drug-likeness (QED) is 0.322. The van der Waals surface area contributed by atoms with Crippen LogP contribution in [0.25, 0.3) is 22.4 Å². The zero-order valence-electron chi connectivity index (χ0n) is 18.8. The van der Waals surface area contributed by atoms with Crippen LogP contribution in [0.15, 0.2) is 93.3 Å². The Balaban J connectivity index is 1.37. The Hall–Kier alpha value is -4.24. The summed E-state index contributed by atoms with van der Waals surface area (Å²) >= 11 is 1.43. The summed E-state index contributed by atoms with van der Waals surface area (Å²) in [5, 5.41) is 14.1. The molecular formula is C26H20N6O2S. The van der Waals surface area contributed by atoms with Crippen molar-refractivity contribution in [1.82, 2.24) is 29.3 Å². The van der Waals surface area contributed by atoms with Crippen LogP contribution in [0, 0.1) is 6.92 Å². The van der Waals surface area contributed by atoms with Gasteiger partial charge >= 0.3 is 0 Å². The Morgan fingerprint density at radius 3 is 2.63 bits per heavy atom. The largest absolute Gasteiger partial charge is 0.338 e. The van der Waals surface area contributed by atoms with E-state index in [2.05, 4.69) is 20.3 Å². The lowest BCUT2D eigenvalue weighted by atomic mass is 10.1. The second kappa shape index (κ2) is 8.84. The minimum atomic E-state index is -0.134. The molecule has 172 valence electrons. The molecule has 6 rings (SSSR count). The van der Waals surface area contributed by atoms with Crippen LogP contribution in [0.5, 0.6) is 0 Å². The highest BCUT2D eigenvalue weighted by atomic mass is 32.2. The monoisotopic (exact) mass is 480 g/mol. The molecule has 35 heavy (non-hydrogen) atoms. The number of para-hydroxylation sites is 1. The molecule has 6 aromatic rings. The number of hydrogen-bond acceptors (Lipinski definition) is 7. The van der Waals surface area contributed by atoms with Crippen molar-refractivity contribution in [1.29, 1.82) is 0 Å². The molecule has 0 saturated carbocycles. The van der Waals surface area contributed by atoms with Gasteiger partial charge in [0.25, 0.3) is 5.56 Å². The zero-order chi connectivity index (χ0) is 23.8. The predicted octanol–water partition coefficient (Wildman–Crippen LogP) is 4.61. The van der Waals surface area contributed by atoms with Crippen LogP contribution in [0.4, 0.5) is 0 Å². The molecule has 0 atom stereocenters. The smallest absolute Gasteiger partial charge is 0.267 e. The van der Waals surface area contributed by atoms with Gasteiger partial charge in [-0.3, -0.25) is 9.20 Å². The van der Waals surface area contributed by atoms with Crippen molar-refractivity contribution in [3.8, 4) is 5.69 Å². The SMILES string of the molecule is Cc1cccc(-n2c(=O)c3ccccc3n3c(SCc4nc(Cc5ccccc5)no4)nnc23)c1. The van der Waals surface area contributed by atoms with E-state index in [1.165, 1.54) is 11.8 Å². The number of aryl methyl sites for hydroxylation is 1. The molecular weight excluding hydrogens is 460 g/mol. The van der Waals surface area contributed by atoms with Gasteiger partial charge in [0.1, 0.15) is 0 Å². The van der Waals surface area contributed by atoms with E-state index in [1.54, 1.807) is 4.57 Å². The molecule has 3 heterocycles. The van der Waals surface area contributed by atoms with E-state index in [4.69, 9.17) is 4.52 Å². The fourth-order valence-corrected chi connectivity index (χ4v) is 4.87. The Bertz CT molecular complexity index is 1720. The molecule has 0 aliphatic heterocycles. The summed E-state index contributed by atoms with van der Waals surface area (Å²) in [5.74, 6) is 2.03. The lowest BCUT2D eigenvalue weighted by Gasteiger charge is -2.11. The third kappa shape index (κ3) is 4.00. The summed E-state index contributed by atoms with van der Waals surface area (Å²) in [4.78, 5) is 18.0. The normalized spacial score (nSPS) is 11.5.